The van der Waals surface area contributed by atoms with Crippen molar-refractivity contribution in [2.45, 2.75) is 33.2 Å². The lowest BCUT2D eigenvalue weighted by Gasteiger charge is -2.25. The molecule has 0 radical (unpaired) electrons. The Hall–Kier alpha value is -1.84. The Balaban J connectivity index is 2.87. The minimum atomic E-state index is -0.585. The normalized spacial score (nSPS) is 12.6. The Bertz CT molecular complexity index is 434. The van der Waals surface area contributed by atoms with Gasteiger partial charge in [-0.2, -0.15) is 0 Å². The Morgan fingerprint density at radius 2 is 1.79 bits per heavy atom. The van der Waals surface area contributed by atoms with Crippen LogP contribution in [-0.2, 0) is 16.0 Å². The number of carbonyl (C=O) groups excluding carboxylic acids is 2. The summed E-state index contributed by atoms with van der Waals surface area (Å²) in [4.78, 5) is 23.7. The third-order valence-corrected chi connectivity index (χ3v) is 2.82. The first-order chi connectivity index (χ1) is 8.84. The zero-order valence-corrected chi connectivity index (χ0v) is 11.9. The highest BCUT2D eigenvalue weighted by molar-refractivity contribution is 5.91. The molecular formula is C15H21NO3. The molecule has 0 spiro atoms. The fraction of sp³-hybridized carbons (Fsp3) is 0.467. The van der Waals surface area contributed by atoms with E-state index in [-0.39, 0.29) is 5.78 Å². The van der Waals surface area contributed by atoms with Crippen molar-refractivity contribution in [3.8, 4) is 0 Å². The van der Waals surface area contributed by atoms with Gasteiger partial charge in [0.15, 0.2) is 5.78 Å². The predicted molar refractivity (Wildman–Crippen MR) is 73.9 cm³/mol. The maximum Gasteiger partial charge on any atom is 0.407 e. The number of ether oxygens (including phenoxy) is 1. The van der Waals surface area contributed by atoms with E-state index < -0.39 is 17.6 Å². The van der Waals surface area contributed by atoms with Gasteiger partial charge in [-0.25, -0.2) is 4.79 Å². The maximum absolute atomic E-state index is 12.4. The number of hydrogen-bond acceptors (Lipinski definition) is 3. The van der Waals surface area contributed by atoms with E-state index in [0.29, 0.717) is 6.42 Å². The van der Waals surface area contributed by atoms with Gasteiger partial charge in [-0.15, -0.1) is 0 Å². The highest BCUT2D eigenvalue weighted by Crippen LogP contribution is 2.19. The van der Waals surface area contributed by atoms with Crippen molar-refractivity contribution in [3.05, 3.63) is 35.9 Å². The zero-order valence-electron chi connectivity index (χ0n) is 11.9. The molecule has 0 aliphatic heterocycles. The van der Waals surface area contributed by atoms with Gasteiger partial charge in [0, 0.05) is 5.41 Å². The lowest BCUT2D eigenvalue weighted by atomic mass is 9.84. The molecule has 1 N–H and O–H groups in total. The molecule has 1 atom stereocenters. The van der Waals surface area contributed by atoms with Crippen molar-refractivity contribution < 1.29 is 14.3 Å². The molecule has 0 fully saturated rings. The molecule has 0 saturated heterocycles. The van der Waals surface area contributed by atoms with Crippen LogP contribution in [0.2, 0.25) is 0 Å². The number of benzene rings is 1. The molecule has 4 nitrogen and oxygen atoms in total. The van der Waals surface area contributed by atoms with E-state index in [4.69, 9.17) is 0 Å². The van der Waals surface area contributed by atoms with Gasteiger partial charge in [-0.05, 0) is 12.0 Å². The van der Waals surface area contributed by atoms with Crippen LogP contribution in [0.15, 0.2) is 30.3 Å². The molecule has 4 heteroatoms. The number of methoxy groups -OCH3 is 1. The molecule has 0 aliphatic carbocycles. The van der Waals surface area contributed by atoms with Crippen molar-refractivity contribution >= 4 is 11.9 Å². The lowest BCUT2D eigenvalue weighted by molar-refractivity contribution is -0.128. The van der Waals surface area contributed by atoms with Crippen LogP contribution in [0, 0.1) is 5.41 Å². The average molecular weight is 263 g/mol. The number of rotatable bonds is 4. The van der Waals surface area contributed by atoms with E-state index in [1.54, 1.807) is 0 Å². The fourth-order valence-electron chi connectivity index (χ4n) is 1.78. The molecule has 0 bridgehead atoms. The molecule has 19 heavy (non-hydrogen) atoms. The number of carbonyl (C=O) groups is 2. The quantitative estimate of drug-likeness (QED) is 0.908. The van der Waals surface area contributed by atoms with Crippen LogP contribution >= 0.6 is 0 Å². The first-order valence-electron chi connectivity index (χ1n) is 6.27. The Morgan fingerprint density at radius 1 is 1.21 bits per heavy atom. The minimum absolute atomic E-state index is 0.0123. The Labute approximate surface area is 114 Å². The highest BCUT2D eigenvalue weighted by Gasteiger charge is 2.31. The third kappa shape index (κ3) is 4.73. The minimum Gasteiger partial charge on any atom is -0.453 e. The summed E-state index contributed by atoms with van der Waals surface area (Å²) in [7, 11) is 1.29. The lowest BCUT2D eigenvalue weighted by Crippen LogP contribution is -2.46. The molecular weight excluding hydrogens is 242 g/mol. The topological polar surface area (TPSA) is 55.4 Å². The van der Waals surface area contributed by atoms with E-state index in [1.807, 2.05) is 51.1 Å². The van der Waals surface area contributed by atoms with Crippen LogP contribution in [0.4, 0.5) is 4.79 Å². The van der Waals surface area contributed by atoms with Crippen LogP contribution < -0.4 is 5.32 Å². The van der Waals surface area contributed by atoms with Gasteiger partial charge < -0.3 is 10.1 Å². The average Bonchev–Trinajstić information content (AvgIpc) is 2.37. The van der Waals surface area contributed by atoms with Gasteiger partial charge in [0.2, 0.25) is 0 Å². The maximum atomic E-state index is 12.4. The van der Waals surface area contributed by atoms with E-state index in [2.05, 4.69) is 10.1 Å². The monoisotopic (exact) mass is 263 g/mol. The second-order valence-electron chi connectivity index (χ2n) is 5.49. The summed E-state index contributed by atoms with van der Waals surface area (Å²) in [5.74, 6) is -0.0123. The van der Waals surface area contributed by atoms with Gasteiger partial charge in [-0.1, -0.05) is 51.1 Å². The van der Waals surface area contributed by atoms with Crippen LogP contribution in [0.5, 0.6) is 0 Å². The summed E-state index contributed by atoms with van der Waals surface area (Å²) in [6, 6.07) is 9.02. The largest absolute Gasteiger partial charge is 0.453 e. The Kier molecular flexibility index (Phi) is 5.10. The van der Waals surface area contributed by atoms with Crippen molar-refractivity contribution in [1.29, 1.82) is 0 Å². The van der Waals surface area contributed by atoms with Gasteiger partial charge in [-0.3, -0.25) is 4.79 Å². The second kappa shape index (κ2) is 6.36. The van der Waals surface area contributed by atoms with Crippen molar-refractivity contribution in [2.75, 3.05) is 7.11 Å². The Morgan fingerprint density at radius 3 is 2.26 bits per heavy atom. The molecule has 1 rings (SSSR count). The number of hydrogen-bond donors (Lipinski definition) is 1. The zero-order chi connectivity index (χ0) is 14.5. The summed E-state index contributed by atoms with van der Waals surface area (Å²) in [6.45, 7) is 5.52. The van der Waals surface area contributed by atoms with Gasteiger partial charge in [0.25, 0.3) is 0 Å². The fourth-order valence-corrected chi connectivity index (χ4v) is 1.78. The van der Waals surface area contributed by atoms with Crippen LogP contribution in [0.3, 0.4) is 0 Å². The molecule has 1 aromatic rings. The molecule has 0 heterocycles. The highest BCUT2D eigenvalue weighted by atomic mass is 16.5. The summed E-state index contributed by atoms with van der Waals surface area (Å²) in [5.41, 5.74) is 0.488. The summed E-state index contributed by atoms with van der Waals surface area (Å²) in [5, 5.41) is 2.61. The number of nitrogens with one attached hydrogen (secondary N) is 1. The van der Waals surface area contributed by atoms with Gasteiger partial charge >= 0.3 is 6.09 Å². The van der Waals surface area contributed by atoms with Crippen molar-refractivity contribution in [1.82, 2.24) is 5.32 Å². The molecule has 0 aliphatic rings. The molecule has 1 aromatic carbocycles. The van der Waals surface area contributed by atoms with Gasteiger partial charge in [0.05, 0.1) is 13.2 Å². The number of Topliss-reactive ketones (excluding diaryl/α,β-unsaturated/α-hetero) is 1. The number of amides is 1. The first kappa shape index (κ1) is 15.2. The molecule has 0 unspecified atom stereocenters. The van der Waals surface area contributed by atoms with E-state index >= 15 is 0 Å². The first-order valence-corrected chi connectivity index (χ1v) is 6.27. The van der Waals surface area contributed by atoms with E-state index in [0.717, 1.165) is 5.56 Å². The predicted octanol–water partition coefficient (Wildman–Crippen LogP) is 2.57. The molecule has 1 amide bonds. The third-order valence-electron chi connectivity index (χ3n) is 2.82. The van der Waals surface area contributed by atoms with Crippen LogP contribution in [0.25, 0.3) is 0 Å². The summed E-state index contributed by atoms with van der Waals surface area (Å²) >= 11 is 0. The SMILES string of the molecule is COC(=O)N[C@@H](Cc1ccccc1)C(=O)C(C)(C)C. The molecule has 0 aromatic heterocycles. The van der Waals surface area contributed by atoms with E-state index in [9.17, 15) is 9.59 Å². The standard InChI is InChI=1S/C15H21NO3/c1-15(2,3)13(17)12(16-14(18)19-4)10-11-8-6-5-7-9-11/h5-9,12H,10H2,1-4H3,(H,16,18)/t12-/m0/s1. The summed E-state index contributed by atoms with van der Waals surface area (Å²) in [6.07, 6.45) is -0.120. The molecule has 0 saturated carbocycles. The van der Waals surface area contributed by atoms with Gasteiger partial charge in [0.1, 0.15) is 0 Å². The van der Waals surface area contributed by atoms with Crippen LogP contribution in [-0.4, -0.2) is 25.0 Å². The summed E-state index contributed by atoms with van der Waals surface area (Å²) < 4.78 is 4.58. The number of alkyl carbamates (subject to hydrolysis) is 1. The molecule has 104 valence electrons. The van der Waals surface area contributed by atoms with Crippen molar-refractivity contribution in [2.24, 2.45) is 5.41 Å². The van der Waals surface area contributed by atoms with Crippen LogP contribution in [0.1, 0.15) is 26.3 Å². The second-order valence-corrected chi connectivity index (χ2v) is 5.49. The number of ketones is 1. The van der Waals surface area contributed by atoms with Crippen molar-refractivity contribution in [3.63, 3.8) is 0 Å². The smallest absolute Gasteiger partial charge is 0.407 e. The van der Waals surface area contributed by atoms with E-state index in [1.165, 1.54) is 7.11 Å².